The van der Waals surface area contributed by atoms with Crippen molar-refractivity contribution in [2.75, 3.05) is 6.61 Å². The van der Waals surface area contributed by atoms with Crippen molar-refractivity contribution in [2.45, 2.75) is 20.3 Å². The van der Waals surface area contributed by atoms with E-state index in [1.165, 1.54) is 0 Å². The molecular weight excluding hydrogens is 301 g/mol. The molecule has 0 unspecified atom stereocenters. The van der Waals surface area contributed by atoms with E-state index in [1.54, 1.807) is 12.1 Å². The van der Waals surface area contributed by atoms with Crippen molar-refractivity contribution in [2.24, 2.45) is 0 Å². The molecule has 0 bridgehead atoms. The number of hydrogen-bond acceptors (Lipinski definition) is 5. The van der Waals surface area contributed by atoms with Crippen LogP contribution in [0, 0.1) is 6.92 Å². The highest BCUT2D eigenvalue weighted by molar-refractivity contribution is 6.30. The summed E-state index contributed by atoms with van der Waals surface area (Å²) in [6.45, 7) is 4.37. The number of ether oxygens (including phenoxy) is 2. The molecule has 0 N–H and O–H groups in total. The molecule has 20 heavy (non-hydrogen) atoms. The molecule has 0 saturated heterocycles. The SMILES string of the molecule is CCCOc1nc(Cl)nc(Oc2cc(Cl)ccc2C)n1. The molecule has 0 aliphatic heterocycles. The summed E-state index contributed by atoms with van der Waals surface area (Å²) in [5.41, 5.74) is 0.905. The van der Waals surface area contributed by atoms with Crippen molar-refractivity contribution in [3.8, 4) is 17.8 Å². The van der Waals surface area contributed by atoms with Gasteiger partial charge in [0, 0.05) is 5.02 Å². The second-order valence-corrected chi connectivity index (χ2v) is 4.80. The second-order valence-electron chi connectivity index (χ2n) is 4.03. The van der Waals surface area contributed by atoms with Crippen LogP contribution in [0.25, 0.3) is 0 Å². The Morgan fingerprint density at radius 1 is 1.10 bits per heavy atom. The van der Waals surface area contributed by atoms with Crippen LogP contribution in [0.4, 0.5) is 0 Å². The van der Waals surface area contributed by atoms with E-state index in [0.29, 0.717) is 17.4 Å². The van der Waals surface area contributed by atoms with E-state index in [-0.39, 0.29) is 17.3 Å². The maximum absolute atomic E-state index is 5.93. The number of aryl methyl sites for hydroxylation is 1. The lowest BCUT2D eigenvalue weighted by Gasteiger charge is -2.08. The van der Waals surface area contributed by atoms with Gasteiger partial charge in [-0.2, -0.15) is 9.97 Å². The van der Waals surface area contributed by atoms with Gasteiger partial charge in [0.25, 0.3) is 0 Å². The van der Waals surface area contributed by atoms with Crippen molar-refractivity contribution in [1.29, 1.82) is 0 Å². The smallest absolute Gasteiger partial charge is 0.329 e. The summed E-state index contributed by atoms with van der Waals surface area (Å²) in [7, 11) is 0. The molecule has 2 rings (SSSR count). The Balaban J connectivity index is 2.24. The van der Waals surface area contributed by atoms with E-state index >= 15 is 0 Å². The molecule has 0 radical (unpaired) electrons. The Morgan fingerprint density at radius 3 is 2.60 bits per heavy atom. The average Bonchev–Trinajstić information content (AvgIpc) is 2.40. The number of rotatable bonds is 5. The fourth-order valence-electron chi connectivity index (χ4n) is 1.40. The van der Waals surface area contributed by atoms with Crippen LogP contribution in [0.1, 0.15) is 18.9 Å². The summed E-state index contributed by atoms with van der Waals surface area (Å²) in [5, 5.41) is 0.578. The zero-order valence-electron chi connectivity index (χ0n) is 11.1. The van der Waals surface area contributed by atoms with Gasteiger partial charge >= 0.3 is 12.0 Å². The monoisotopic (exact) mass is 313 g/mol. The van der Waals surface area contributed by atoms with Gasteiger partial charge < -0.3 is 9.47 Å². The lowest BCUT2D eigenvalue weighted by molar-refractivity contribution is 0.284. The van der Waals surface area contributed by atoms with E-state index in [9.17, 15) is 0 Å². The van der Waals surface area contributed by atoms with Crippen LogP contribution in [0.3, 0.4) is 0 Å². The first-order chi connectivity index (χ1) is 9.58. The Hall–Kier alpha value is -1.59. The van der Waals surface area contributed by atoms with E-state index < -0.39 is 0 Å². The summed E-state index contributed by atoms with van der Waals surface area (Å²) in [4.78, 5) is 11.8. The largest absolute Gasteiger partial charge is 0.463 e. The lowest BCUT2D eigenvalue weighted by Crippen LogP contribution is -2.03. The summed E-state index contributed by atoms with van der Waals surface area (Å²) in [6.07, 6.45) is 0.840. The summed E-state index contributed by atoms with van der Waals surface area (Å²) >= 11 is 11.7. The number of hydrogen-bond donors (Lipinski definition) is 0. The fourth-order valence-corrected chi connectivity index (χ4v) is 1.71. The van der Waals surface area contributed by atoms with Crippen LogP contribution in [0.2, 0.25) is 10.3 Å². The van der Waals surface area contributed by atoms with Crippen LogP contribution in [0.5, 0.6) is 17.8 Å². The van der Waals surface area contributed by atoms with Crippen LogP contribution >= 0.6 is 23.2 Å². The van der Waals surface area contributed by atoms with Gasteiger partial charge in [-0.15, -0.1) is 4.98 Å². The van der Waals surface area contributed by atoms with E-state index in [1.807, 2.05) is 19.9 Å². The maximum Gasteiger partial charge on any atom is 0.329 e. The molecule has 0 fully saturated rings. The normalized spacial score (nSPS) is 10.4. The van der Waals surface area contributed by atoms with Crippen molar-refractivity contribution in [3.63, 3.8) is 0 Å². The van der Waals surface area contributed by atoms with Crippen LogP contribution in [-0.4, -0.2) is 21.6 Å². The molecule has 0 atom stereocenters. The second kappa shape index (κ2) is 6.72. The molecule has 5 nitrogen and oxygen atoms in total. The van der Waals surface area contributed by atoms with Gasteiger partial charge in [-0.05, 0) is 42.6 Å². The van der Waals surface area contributed by atoms with Crippen molar-refractivity contribution < 1.29 is 9.47 Å². The van der Waals surface area contributed by atoms with Crippen LogP contribution in [-0.2, 0) is 0 Å². The molecule has 106 valence electrons. The van der Waals surface area contributed by atoms with E-state index in [2.05, 4.69) is 15.0 Å². The third-order valence-corrected chi connectivity index (χ3v) is 2.76. The molecule has 0 aliphatic rings. The number of aromatic nitrogens is 3. The van der Waals surface area contributed by atoms with Gasteiger partial charge in [0.15, 0.2) is 0 Å². The quantitative estimate of drug-likeness (QED) is 0.832. The van der Waals surface area contributed by atoms with Crippen LogP contribution < -0.4 is 9.47 Å². The molecule has 0 saturated carbocycles. The summed E-state index contributed by atoms with van der Waals surface area (Å²) in [5.74, 6) is 0.557. The Labute approximate surface area is 126 Å². The molecule has 0 spiro atoms. The van der Waals surface area contributed by atoms with Gasteiger partial charge in [0.05, 0.1) is 6.61 Å². The predicted molar refractivity (Wildman–Crippen MR) is 76.9 cm³/mol. The van der Waals surface area contributed by atoms with Gasteiger partial charge in [-0.3, -0.25) is 0 Å². The van der Waals surface area contributed by atoms with Gasteiger partial charge in [0.1, 0.15) is 5.75 Å². The maximum atomic E-state index is 5.93. The minimum atomic E-state index is 0.0146. The van der Waals surface area contributed by atoms with Crippen molar-refractivity contribution in [1.82, 2.24) is 15.0 Å². The van der Waals surface area contributed by atoms with E-state index in [0.717, 1.165) is 12.0 Å². The molecule has 1 aromatic carbocycles. The van der Waals surface area contributed by atoms with Gasteiger partial charge in [-0.1, -0.05) is 24.6 Å². The molecular formula is C13H13Cl2N3O2. The van der Waals surface area contributed by atoms with Crippen LogP contribution in [0.15, 0.2) is 18.2 Å². The predicted octanol–water partition coefficient (Wildman–Crippen LogP) is 4.07. The number of halogens is 2. The zero-order valence-corrected chi connectivity index (χ0v) is 12.6. The number of benzene rings is 1. The third-order valence-electron chi connectivity index (χ3n) is 2.35. The molecule has 1 heterocycles. The Morgan fingerprint density at radius 2 is 1.85 bits per heavy atom. The lowest BCUT2D eigenvalue weighted by atomic mass is 10.2. The molecule has 2 aromatic rings. The molecule has 0 amide bonds. The van der Waals surface area contributed by atoms with Gasteiger partial charge in [0.2, 0.25) is 5.28 Å². The molecule has 7 heteroatoms. The summed E-state index contributed by atoms with van der Waals surface area (Å²) in [6, 6.07) is 5.51. The first kappa shape index (κ1) is 14.8. The minimum Gasteiger partial charge on any atom is -0.463 e. The highest BCUT2D eigenvalue weighted by Gasteiger charge is 2.10. The number of nitrogens with zero attached hydrogens (tertiary/aromatic N) is 3. The first-order valence-electron chi connectivity index (χ1n) is 6.07. The third kappa shape index (κ3) is 3.95. The van der Waals surface area contributed by atoms with Crippen molar-refractivity contribution >= 4 is 23.2 Å². The van der Waals surface area contributed by atoms with Gasteiger partial charge in [-0.25, -0.2) is 0 Å². The fraction of sp³-hybridized carbons (Fsp3) is 0.308. The Bertz CT molecular complexity index is 608. The molecule has 0 aliphatic carbocycles. The summed E-state index contributed by atoms with van der Waals surface area (Å²) < 4.78 is 10.9. The average molecular weight is 314 g/mol. The van der Waals surface area contributed by atoms with E-state index in [4.69, 9.17) is 32.7 Å². The zero-order chi connectivity index (χ0) is 14.5. The first-order valence-corrected chi connectivity index (χ1v) is 6.82. The minimum absolute atomic E-state index is 0.0146. The molecule has 1 aromatic heterocycles. The van der Waals surface area contributed by atoms with Crippen molar-refractivity contribution in [3.05, 3.63) is 34.1 Å². The topological polar surface area (TPSA) is 57.1 Å². The highest BCUT2D eigenvalue weighted by atomic mass is 35.5. The Kier molecular flexibility index (Phi) is 4.98. The standard InChI is InChI=1S/C13H13Cl2N3O2/c1-3-6-19-12-16-11(15)17-13(18-12)20-10-7-9(14)5-4-8(10)2/h4-5,7H,3,6H2,1-2H3. The highest BCUT2D eigenvalue weighted by Crippen LogP contribution is 2.27.